The molecule has 0 amide bonds. The third-order valence-electron chi connectivity index (χ3n) is 10.6. The minimum Gasteiger partial charge on any atom is -0.309 e. The van der Waals surface area contributed by atoms with Crippen LogP contribution in [0.1, 0.15) is 0 Å². The summed E-state index contributed by atoms with van der Waals surface area (Å²) >= 11 is 0. The molecule has 0 unspecified atom stereocenters. The normalized spacial score (nSPS) is 11.7. The molecule has 5 nitrogen and oxygen atoms in total. The molecule has 0 spiro atoms. The number of fused-ring (bicyclic) bond motifs is 7. The van der Waals surface area contributed by atoms with Crippen LogP contribution in [0.2, 0.25) is 0 Å². The summed E-state index contributed by atoms with van der Waals surface area (Å²) in [6, 6.07) is 66.3. The summed E-state index contributed by atoms with van der Waals surface area (Å²) in [5.41, 5.74) is 9.71. The van der Waals surface area contributed by atoms with Gasteiger partial charge in [-0.2, -0.15) is 9.97 Å². The summed E-state index contributed by atoms with van der Waals surface area (Å²) in [7, 11) is 0. The van der Waals surface area contributed by atoms with Crippen LogP contribution in [-0.2, 0) is 0 Å². The number of nitrogens with zero attached hydrogens (tertiary/aromatic N) is 5. The molecule has 0 radical (unpaired) electrons. The summed E-state index contributed by atoms with van der Waals surface area (Å²) in [6.45, 7) is 0. The first-order valence-corrected chi connectivity index (χ1v) is 18.2. The molecule has 3 aromatic heterocycles. The highest BCUT2D eigenvalue weighted by Gasteiger charge is 2.20. The summed E-state index contributed by atoms with van der Waals surface area (Å²) in [6.07, 6.45) is 0. The van der Waals surface area contributed by atoms with E-state index in [0.29, 0.717) is 17.6 Å². The van der Waals surface area contributed by atoms with Gasteiger partial charge in [0.15, 0.2) is 11.6 Å². The lowest BCUT2D eigenvalue weighted by molar-refractivity contribution is 0.953. The molecule has 0 aliphatic carbocycles. The van der Waals surface area contributed by atoms with Gasteiger partial charge in [-0.1, -0.05) is 146 Å². The largest absolute Gasteiger partial charge is 0.309 e. The summed E-state index contributed by atoms with van der Waals surface area (Å²) in [5, 5.41) is 7.06. The van der Waals surface area contributed by atoms with Crippen LogP contribution in [0.5, 0.6) is 0 Å². The van der Waals surface area contributed by atoms with Crippen molar-refractivity contribution < 1.29 is 0 Å². The maximum Gasteiger partial charge on any atom is 0.238 e. The molecule has 3 heterocycles. The predicted molar refractivity (Wildman–Crippen MR) is 222 cm³/mol. The van der Waals surface area contributed by atoms with Crippen LogP contribution in [0.25, 0.3) is 99.9 Å². The van der Waals surface area contributed by atoms with Crippen molar-refractivity contribution in [2.24, 2.45) is 0 Å². The van der Waals surface area contributed by atoms with Gasteiger partial charge in [-0.15, -0.1) is 0 Å². The molecule has 5 heteroatoms. The maximum absolute atomic E-state index is 5.23. The SMILES string of the molecule is c1ccc(-c2ccc(-c3nc(-c4ccc5ccccc5c4)nc(-n4c5ccccc5c5cc(-n6c7ccccc7c7ccccc76)ccc54)n3)cc2)cc1. The number of hydrogen-bond donors (Lipinski definition) is 0. The fraction of sp³-hybridized carbons (Fsp3) is 0. The van der Waals surface area contributed by atoms with Crippen molar-refractivity contribution in [3.8, 4) is 45.5 Å². The van der Waals surface area contributed by atoms with Crippen molar-refractivity contribution in [3.63, 3.8) is 0 Å². The number of aromatic nitrogens is 5. The molecule has 0 saturated carbocycles. The zero-order valence-corrected chi connectivity index (χ0v) is 29.1. The Morgan fingerprint density at radius 3 is 1.50 bits per heavy atom. The molecule has 0 fully saturated rings. The van der Waals surface area contributed by atoms with E-state index in [4.69, 9.17) is 15.0 Å². The van der Waals surface area contributed by atoms with Crippen molar-refractivity contribution >= 4 is 54.4 Å². The van der Waals surface area contributed by atoms with Crippen LogP contribution in [0.15, 0.2) is 188 Å². The summed E-state index contributed by atoms with van der Waals surface area (Å²) < 4.78 is 4.56. The molecule has 0 saturated heterocycles. The van der Waals surface area contributed by atoms with Crippen LogP contribution >= 0.6 is 0 Å². The van der Waals surface area contributed by atoms with E-state index in [9.17, 15) is 0 Å². The van der Waals surface area contributed by atoms with Gasteiger partial charge < -0.3 is 4.57 Å². The average molecular weight is 690 g/mol. The van der Waals surface area contributed by atoms with E-state index in [2.05, 4.69) is 191 Å². The zero-order valence-electron chi connectivity index (χ0n) is 29.1. The third-order valence-corrected chi connectivity index (χ3v) is 10.6. The lowest BCUT2D eigenvalue weighted by Crippen LogP contribution is -2.06. The van der Waals surface area contributed by atoms with Gasteiger partial charge in [-0.05, 0) is 64.4 Å². The second-order valence-corrected chi connectivity index (χ2v) is 13.7. The van der Waals surface area contributed by atoms with E-state index in [-0.39, 0.29) is 0 Å². The Labute approximate surface area is 311 Å². The van der Waals surface area contributed by atoms with E-state index >= 15 is 0 Å². The second kappa shape index (κ2) is 12.1. The first-order valence-electron chi connectivity index (χ1n) is 18.2. The van der Waals surface area contributed by atoms with E-state index in [1.165, 1.54) is 32.8 Å². The molecule has 11 aromatic rings. The monoisotopic (exact) mass is 689 g/mol. The highest BCUT2D eigenvalue weighted by molar-refractivity contribution is 6.12. The Hall–Kier alpha value is -7.37. The van der Waals surface area contributed by atoms with Crippen molar-refractivity contribution in [2.45, 2.75) is 0 Å². The van der Waals surface area contributed by atoms with E-state index < -0.39 is 0 Å². The summed E-state index contributed by atoms with van der Waals surface area (Å²) in [4.78, 5) is 15.6. The van der Waals surface area contributed by atoms with Crippen molar-refractivity contribution in [2.75, 3.05) is 0 Å². The van der Waals surface area contributed by atoms with Gasteiger partial charge in [0.1, 0.15) is 0 Å². The Morgan fingerprint density at radius 1 is 0.296 bits per heavy atom. The second-order valence-electron chi connectivity index (χ2n) is 13.7. The molecule has 54 heavy (non-hydrogen) atoms. The van der Waals surface area contributed by atoms with Crippen LogP contribution in [0.4, 0.5) is 0 Å². The first kappa shape index (κ1) is 30.3. The molecular formula is C49H31N5. The minimum absolute atomic E-state index is 0.575. The van der Waals surface area contributed by atoms with Crippen LogP contribution in [0, 0.1) is 0 Å². The lowest BCUT2D eigenvalue weighted by Gasteiger charge is -2.12. The lowest BCUT2D eigenvalue weighted by atomic mass is 10.0. The van der Waals surface area contributed by atoms with E-state index in [1.807, 2.05) is 6.07 Å². The molecule has 252 valence electrons. The third kappa shape index (κ3) is 4.83. The molecular weight excluding hydrogens is 659 g/mol. The molecule has 8 aromatic carbocycles. The van der Waals surface area contributed by atoms with Gasteiger partial charge in [0.25, 0.3) is 0 Å². The fourth-order valence-corrected chi connectivity index (χ4v) is 8.01. The number of rotatable bonds is 5. The van der Waals surface area contributed by atoms with Gasteiger partial charge in [-0.25, -0.2) is 4.98 Å². The standard InChI is InChI=1S/C49H31N5/c1-2-12-32(13-3-1)34-22-25-35(26-23-34)47-50-48(37-27-24-33-14-4-5-15-36(33)30-37)52-49(51-47)54-45-21-11-8-18-41(45)42-31-38(28-29-46(42)54)53-43-19-9-6-16-39(43)40-17-7-10-20-44(40)53/h1-31H. The van der Waals surface area contributed by atoms with Crippen molar-refractivity contribution in [3.05, 3.63) is 188 Å². The van der Waals surface area contributed by atoms with Gasteiger partial charge in [0.05, 0.1) is 22.1 Å². The smallest absolute Gasteiger partial charge is 0.238 e. The highest BCUT2D eigenvalue weighted by atomic mass is 15.2. The van der Waals surface area contributed by atoms with Crippen LogP contribution < -0.4 is 0 Å². The highest BCUT2D eigenvalue weighted by Crippen LogP contribution is 2.37. The number of hydrogen-bond acceptors (Lipinski definition) is 3. The minimum atomic E-state index is 0.575. The molecule has 0 atom stereocenters. The van der Waals surface area contributed by atoms with Gasteiger partial charge in [0.2, 0.25) is 5.95 Å². The molecule has 0 N–H and O–H groups in total. The van der Waals surface area contributed by atoms with E-state index in [0.717, 1.165) is 49.6 Å². The number of para-hydroxylation sites is 3. The Bertz CT molecular complexity index is 3160. The van der Waals surface area contributed by atoms with Crippen molar-refractivity contribution in [1.82, 2.24) is 24.1 Å². The topological polar surface area (TPSA) is 48.5 Å². The van der Waals surface area contributed by atoms with Gasteiger partial charge >= 0.3 is 0 Å². The Kier molecular flexibility index (Phi) is 6.79. The van der Waals surface area contributed by atoms with Gasteiger partial charge in [0, 0.05) is 38.4 Å². The number of benzene rings is 8. The molecule has 11 rings (SSSR count). The summed E-state index contributed by atoms with van der Waals surface area (Å²) in [5.74, 6) is 1.82. The molecule has 0 bridgehead atoms. The molecule has 0 aliphatic heterocycles. The fourth-order valence-electron chi connectivity index (χ4n) is 8.01. The maximum atomic E-state index is 5.23. The Morgan fingerprint density at radius 2 is 0.796 bits per heavy atom. The zero-order chi connectivity index (χ0) is 35.6. The predicted octanol–water partition coefficient (Wildman–Crippen LogP) is 12.2. The Balaban J connectivity index is 1.13. The van der Waals surface area contributed by atoms with Crippen LogP contribution in [0.3, 0.4) is 0 Å². The quantitative estimate of drug-likeness (QED) is 0.181. The van der Waals surface area contributed by atoms with Crippen molar-refractivity contribution in [1.29, 1.82) is 0 Å². The first-order chi connectivity index (χ1) is 26.8. The molecule has 0 aliphatic rings. The van der Waals surface area contributed by atoms with Crippen LogP contribution in [-0.4, -0.2) is 24.1 Å². The average Bonchev–Trinajstić information content (AvgIpc) is 3.76. The van der Waals surface area contributed by atoms with Gasteiger partial charge in [-0.3, -0.25) is 4.57 Å². The van der Waals surface area contributed by atoms with E-state index in [1.54, 1.807) is 0 Å².